The summed E-state index contributed by atoms with van der Waals surface area (Å²) in [5.74, 6) is -1.36. The second kappa shape index (κ2) is 4.80. The number of esters is 1. The lowest BCUT2D eigenvalue weighted by Crippen LogP contribution is -2.09. The first-order chi connectivity index (χ1) is 9.61. The molecule has 0 saturated heterocycles. The van der Waals surface area contributed by atoms with Crippen LogP contribution in [0, 0.1) is 11.6 Å². The number of benzene rings is 2. The summed E-state index contributed by atoms with van der Waals surface area (Å²) in [6.45, 7) is 0.0990. The van der Waals surface area contributed by atoms with E-state index in [0.29, 0.717) is 17.6 Å². The predicted molar refractivity (Wildman–Crippen MR) is 63.9 cm³/mol. The number of halogens is 2. The summed E-state index contributed by atoms with van der Waals surface area (Å²) >= 11 is 0. The van der Waals surface area contributed by atoms with E-state index in [1.165, 1.54) is 12.1 Å². The molecule has 3 rings (SSSR count). The van der Waals surface area contributed by atoms with Crippen molar-refractivity contribution in [1.29, 1.82) is 0 Å². The lowest BCUT2D eigenvalue weighted by molar-refractivity contribution is 0.0733. The molecule has 0 N–H and O–H groups in total. The zero-order valence-corrected chi connectivity index (χ0v) is 10.1. The molecule has 0 bridgehead atoms. The number of fused-ring (bicyclic) bond motifs is 1. The van der Waals surface area contributed by atoms with E-state index in [9.17, 15) is 13.6 Å². The Morgan fingerprint density at radius 2 is 1.70 bits per heavy atom. The number of hydrogen-bond donors (Lipinski definition) is 0. The Balaban J connectivity index is 1.82. The standard InChI is InChI=1S/C14H8F2O4/c15-9-3-8(4-10(16)5-9)14(17)20-11-1-2-12-13(6-11)19-7-18-12/h1-6H,7H2. The van der Waals surface area contributed by atoms with Crippen molar-refractivity contribution >= 4 is 5.97 Å². The van der Waals surface area contributed by atoms with Gasteiger partial charge in [-0.25, -0.2) is 13.6 Å². The van der Waals surface area contributed by atoms with Crippen molar-refractivity contribution in [3.63, 3.8) is 0 Å². The molecule has 6 heteroatoms. The van der Waals surface area contributed by atoms with Crippen LogP contribution in [0.25, 0.3) is 0 Å². The largest absolute Gasteiger partial charge is 0.454 e. The molecule has 2 aromatic carbocycles. The summed E-state index contributed by atoms with van der Waals surface area (Å²) in [7, 11) is 0. The van der Waals surface area contributed by atoms with Gasteiger partial charge in [-0.2, -0.15) is 0 Å². The summed E-state index contributed by atoms with van der Waals surface area (Å²) in [5, 5.41) is 0. The Bertz CT molecular complexity index is 665. The van der Waals surface area contributed by atoms with Gasteiger partial charge in [0.2, 0.25) is 6.79 Å². The van der Waals surface area contributed by atoms with Crippen LogP contribution in [0.4, 0.5) is 8.78 Å². The Labute approximate surface area is 112 Å². The predicted octanol–water partition coefficient (Wildman–Crippen LogP) is 2.91. The van der Waals surface area contributed by atoms with E-state index in [0.717, 1.165) is 12.1 Å². The van der Waals surface area contributed by atoms with Crippen molar-refractivity contribution in [2.24, 2.45) is 0 Å². The summed E-state index contributed by atoms with van der Waals surface area (Å²) < 4.78 is 41.3. The minimum Gasteiger partial charge on any atom is -0.454 e. The van der Waals surface area contributed by atoms with Crippen LogP contribution in [0.3, 0.4) is 0 Å². The van der Waals surface area contributed by atoms with E-state index in [4.69, 9.17) is 14.2 Å². The van der Waals surface area contributed by atoms with E-state index >= 15 is 0 Å². The van der Waals surface area contributed by atoms with Crippen LogP contribution >= 0.6 is 0 Å². The molecule has 0 amide bonds. The van der Waals surface area contributed by atoms with Crippen molar-refractivity contribution in [3.05, 3.63) is 53.6 Å². The topological polar surface area (TPSA) is 44.8 Å². The Morgan fingerprint density at radius 1 is 1.00 bits per heavy atom. The molecule has 0 spiro atoms. The highest BCUT2D eigenvalue weighted by atomic mass is 19.1. The SMILES string of the molecule is O=C(Oc1ccc2c(c1)OCO2)c1cc(F)cc(F)c1. The normalized spacial score (nSPS) is 12.3. The molecule has 20 heavy (non-hydrogen) atoms. The Hall–Kier alpha value is -2.63. The third kappa shape index (κ3) is 2.40. The zero-order chi connectivity index (χ0) is 14.1. The number of ether oxygens (including phenoxy) is 3. The molecule has 0 fully saturated rings. The highest BCUT2D eigenvalue weighted by molar-refractivity contribution is 5.91. The van der Waals surface area contributed by atoms with Crippen molar-refractivity contribution < 1.29 is 27.8 Å². The second-order valence-electron chi connectivity index (χ2n) is 4.06. The van der Waals surface area contributed by atoms with Gasteiger partial charge in [0.15, 0.2) is 11.5 Å². The third-order valence-corrected chi connectivity index (χ3v) is 2.65. The van der Waals surface area contributed by atoms with E-state index in [2.05, 4.69) is 0 Å². The van der Waals surface area contributed by atoms with Crippen molar-refractivity contribution in [2.45, 2.75) is 0 Å². The number of carbonyl (C=O) groups excluding carboxylic acids is 1. The third-order valence-electron chi connectivity index (χ3n) is 2.65. The van der Waals surface area contributed by atoms with Gasteiger partial charge in [0.1, 0.15) is 17.4 Å². The molecular formula is C14H8F2O4. The van der Waals surface area contributed by atoms with Gasteiger partial charge in [-0.3, -0.25) is 0 Å². The molecule has 0 aromatic heterocycles. The molecule has 1 aliphatic rings. The molecule has 1 aliphatic heterocycles. The van der Waals surface area contributed by atoms with E-state index in [1.54, 1.807) is 6.07 Å². The van der Waals surface area contributed by atoms with Crippen LogP contribution in [0.15, 0.2) is 36.4 Å². The molecular weight excluding hydrogens is 270 g/mol. The maximum absolute atomic E-state index is 13.0. The molecule has 0 atom stereocenters. The summed E-state index contributed by atoms with van der Waals surface area (Å²) in [6, 6.07) is 7.03. The molecule has 102 valence electrons. The zero-order valence-electron chi connectivity index (χ0n) is 10.1. The second-order valence-corrected chi connectivity index (χ2v) is 4.06. The maximum atomic E-state index is 13.0. The fourth-order valence-electron chi connectivity index (χ4n) is 1.78. The highest BCUT2D eigenvalue weighted by Crippen LogP contribution is 2.35. The summed E-state index contributed by atoms with van der Waals surface area (Å²) in [6.07, 6.45) is 0. The highest BCUT2D eigenvalue weighted by Gasteiger charge is 2.16. The van der Waals surface area contributed by atoms with Gasteiger partial charge in [-0.15, -0.1) is 0 Å². The fraction of sp³-hybridized carbons (Fsp3) is 0.0714. The average Bonchev–Trinajstić information content (AvgIpc) is 2.85. The quantitative estimate of drug-likeness (QED) is 0.626. The summed E-state index contributed by atoms with van der Waals surface area (Å²) in [4.78, 5) is 11.8. The molecule has 0 radical (unpaired) electrons. The van der Waals surface area contributed by atoms with Crippen LogP contribution in [0.2, 0.25) is 0 Å². The fourth-order valence-corrected chi connectivity index (χ4v) is 1.78. The Morgan fingerprint density at radius 3 is 2.45 bits per heavy atom. The first-order valence-corrected chi connectivity index (χ1v) is 5.70. The van der Waals surface area contributed by atoms with Crippen molar-refractivity contribution in [2.75, 3.05) is 6.79 Å². The minimum absolute atomic E-state index is 0.0990. The lowest BCUT2D eigenvalue weighted by atomic mass is 10.2. The van der Waals surface area contributed by atoms with Crippen LogP contribution in [0.1, 0.15) is 10.4 Å². The molecule has 0 aliphatic carbocycles. The van der Waals surface area contributed by atoms with Gasteiger partial charge in [0.05, 0.1) is 5.56 Å². The first-order valence-electron chi connectivity index (χ1n) is 5.70. The lowest BCUT2D eigenvalue weighted by Gasteiger charge is -2.05. The van der Waals surface area contributed by atoms with Gasteiger partial charge >= 0.3 is 5.97 Å². The monoisotopic (exact) mass is 278 g/mol. The van der Waals surface area contributed by atoms with E-state index in [-0.39, 0.29) is 18.1 Å². The molecule has 2 aromatic rings. The number of carbonyl (C=O) groups is 1. The molecule has 1 heterocycles. The molecule has 0 saturated carbocycles. The summed E-state index contributed by atoms with van der Waals surface area (Å²) in [5.41, 5.74) is -0.208. The van der Waals surface area contributed by atoms with Crippen LogP contribution in [0.5, 0.6) is 17.2 Å². The molecule has 4 nitrogen and oxygen atoms in total. The van der Waals surface area contributed by atoms with Gasteiger partial charge in [0, 0.05) is 12.1 Å². The molecule has 0 unspecified atom stereocenters. The van der Waals surface area contributed by atoms with Crippen molar-refractivity contribution in [1.82, 2.24) is 0 Å². The van der Waals surface area contributed by atoms with Crippen LogP contribution in [-0.4, -0.2) is 12.8 Å². The minimum atomic E-state index is -0.859. The smallest absolute Gasteiger partial charge is 0.343 e. The number of hydrogen-bond acceptors (Lipinski definition) is 4. The van der Waals surface area contributed by atoms with Gasteiger partial charge in [0.25, 0.3) is 0 Å². The maximum Gasteiger partial charge on any atom is 0.343 e. The Kier molecular flexibility index (Phi) is 2.98. The first kappa shape index (κ1) is 12.4. The van der Waals surface area contributed by atoms with Crippen molar-refractivity contribution in [3.8, 4) is 17.2 Å². The van der Waals surface area contributed by atoms with E-state index in [1.807, 2.05) is 0 Å². The van der Waals surface area contributed by atoms with Gasteiger partial charge in [-0.05, 0) is 24.3 Å². The van der Waals surface area contributed by atoms with E-state index < -0.39 is 17.6 Å². The van der Waals surface area contributed by atoms with Crippen LogP contribution in [-0.2, 0) is 0 Å². The van der Waals surface area contributed by atoms with Crippen LogP contribution < -0.4 is 14.2 Å². The van der Waals surface area contributed by atoms with Gasteiger partial charge in [-0.1, -0.05) is 0 Å². The average molecular weight is 278 g/mol. The number of rotatable bonds is 2. The van der Waals surface area contributed by atoms with Gasteiger partial charge < -0.3 is 14.2 Å².